The molecule has 4 heterocycles. The van der Waals surface area contributed by atoms with E-state index >= 15 is 0 Å². The van der Waals surface area contributed by atoms with Crippen LogP contribution in [0.15, 0.2) is 16.4 Å². The molecule has 0 saturated carbocycles. The summed E-state index contributed by atoms with van der Waals surface area (Å²) < 4.78 is 5.65. The van der Waals surface area contributed by atoms with Crippen molar-refractivity contribution in [3.05, 3.63) is 21.9 Å². The Morgan fingerprint density at radius 2 is 2.36 bits per heavy atom. The van der Waals surface area contributed by atoms with E-state index in [0.29, 0.717) is 11.5 Å². The zero-order valence-electron chi connectivity index (χ0n) is 15.5. The Hall–Kier alpha value is -1.11. The maximum Gasteiger partial charge on any atom is 0.193 e. The second-order valence-electron chi connectivity index (χ2n) is 7.84. The summed E-state index contributed by atoms with van der Waals surface area (Å²) in [7, 11) is 1.90. The van der Waals surface area contributed by atoms with Gasteiger partial charge in [0.25, 0.3) is 0 Å². The standard InChI is InChI=1S/C19H30N4OS/c1-15(22-7-3-17-16(12-22)4-10-25-17)11-21-18(20-2)23-8-5-19(13-23)6-9-24-14-19/h4,10,15H,3,5-9,11-14H2,1-2H3,(H,20,21). The van der Waals surface area contributed by atoms with E-state index in [-0.39, 0.29) is 0 Å². The zero-order valence-corrected chi connectivity index (χ0v) is 16.3. The molecule has 2 atom stereocenters. The van der Waals surface area contributed by atoms with Gasteiger partial charge in [0.15, 0.2) is 5.96 Å². The fraction of sp³-hybridized carbons (Fsp3) is 0.737. The van der Waals surface area contributed by atoms with Gasteiger partial charge in [-0.25, -0.2) is 0 Å². The first-order chi connectivity index (χ1) is 12.2. The number of hydrogen-bond acceptors (Lipinski definition) is 4. The van der Waals surface area contributed by atoms with Crippen LogP contribution in [0.5, 0.6) is 0 Å². The highest BCUT2D eigenvalue weighted by molar-refractivity contribution is 7.10. The summed E-state index contributed by atoms with van der Waals surface area (Å²) in [5.74, 6) is 1.06. The molecule has 1 aromatic rings. The minimum Gasteiger partial charge on any atom is -0.381 e. The molecule has 1 aromatic heterocycles. The number of ether oxygens (including phenoxy) is 1. The van der Waals surface area contributed by atoms with Crippen LogP contribution in [0.4, 0.5) is 0 Å². The summed E-state index contributed by atoms with van der Waals surface area (Å²) in [5, 5.41) is 5.86. The Morgan fingerprint density at radius 1 is 1.44 bits per heavy atom. The first-order valence-electron chi connectivity index (χ1n) is 9.52. The van der Waals surface area contributed by atoms with Crippen molar-refractivity contribution in [1.82, 2.24) is 15.1 Å². The Bertz CT molecular complexity index is 623. The second kappa shape index (κ2) is 7.25. The number of thiophene rings is 1. The highest BCUT2D eigenvalue weighted by Gasteiger charge is 2.42. The number of fused-ring (bicyclic) bond motifs is 1. The Kier molecular flexibility index (Phi) is 5.02. The van der Waals surface area contributed by atoms with Crippen LogP contribution in [-0.2, 0) is 17.7 Å². The number of hydrogen-bond donors (Lipinski definition) is 1. The van der Waals surface area contributed by atoms with Crippen molar-refractivity contribution < 1.29 is 4.74 Å². The molecule has 4 rings (SSSR count). The molecule has 0 radical (unpaired) electrons. The molecule has 3 aliphatic rings. The van der Waals surface area contributed by atoms with Gasteiger partial charge in [-0.2, -0.15) is 0 Å². The van der Waals surface area contributed by atoms with Crippen LogP contribution in [0.2, 0.25) is 0 Å². The number of aliphatic imine (C=N–C) groups is 1. The van der Waals surface area contributed by atoms with Gasteiger partial charge in [-0.3, -0.25) is 9.89 Å². The van der Waals surface area contributed by atoms with Crippen molar-refractivity contribution in [2.45, 2.75) is 38.8 Å². The van der Waals surface area contributed by atoms with Crippen molar-refractivity contribution in [3.8, 4) is 0 Å². The molecule has 138 valence electrons. The van der Waals surface area contributed by atoms with Gasteiger partial charge in [-0.15, -0.1) is 11.3 Å². The van der Waals surface area contributed by atoms with E-state index in [4.69, 9.17) is 4.74 Å². The lowest BCUT2D eigenvalue weighted by Crippen LogP contribution is -2.48. The van der Waals surface area contributed by atoms with E-state index in [1.807, 2.05) is 18.4 Å². The molecular weight excluding hydrogens is 332 g/mol. The van der Waals surface area contributed by atoms with Crippen LogP contribution in [0, 0.1) is 5.41 Å². The smallest absolute Gasteiger partial charge is 0.193 e. The number of guanidine groups is 1. The Morgan fingerprint density at radius 3 is 3.16 bits per heavy atom. The molecule has 25 heavy (non-hydrogen) atoms. The Labute approximate surface area is 155 Å². The molecule has 5 nitrogen and oxygen atoms in total. The number of rotatable bonds is 3. The molecule has 0 aromatic carbocycles. The van der Waals surface area contributed by atoms with Gasteiger partial charge < -0.3 is 15.0 Å². The van der Waals surface area contributed by atoms with Gasteiger partial charge >= 0.3 is 0 Å². The van der Waals surface area contributed by atoms with Crippen LogP contribution in [0.3, 0.4) is 0 Å². The van der Waals surface area contributed by atoms with Gasteiger partial charge in [-0.1, -0.05) is 0 Å². The second-order valence-corrected chi connectivity index (χ2v) is 8.84. The van der Waals surface area contributed by atoms with E-state index < -0.39 is 0 Å². The van der Waals surface area contributed by atoms with E-state index in [9.17, 15) is 0 Å². The summed E-state index contributed by atoms with van der Waals surface area (Å²) >= 11 is 1.91. The van der Waals surface area contributed by atoms with Crippen LogP contribution in [-0.4, -0.2) is 68.2 Å². The van der Waals surface area contributed by atoms with Crippen LogP contribution >= 0.6 is 11.3 Å². The zero-order chi connectivity index (χ0) is 17.3. The first-order valence-corrected chi connectivity index (χ1v) is 10.4. The quantitative estimate of drug-likeness (QED) is 0.661. The van der Waals surface area contributed by atoms with E-state index in [2.05, 4.69) is 38.5 Å². The summed E-state index contributed by atoms with van der Waals surface area (Å²) in [6, 6.07) is 2.80. The number of nitrogens with one attached hydrogen (secondary N) is 1. The topological polar surface area (TPSA) is 40.1 Å². The number of likely N-dealkylation sites (tertiary alicyclic amines) is 1. The summed E-state index contributed by atoms with van der Waals surface area (Å²) in [6.45, 7) is 9.57. The lowest BCUT2D eigenvalue weighted by molar-refractivity contribution is 0.156. The van der Waals surface area contributed by atoms with Crippen LogP contribution in [0.1, 0.15) is 30.2 Å². The monoisotopic (exact) mass is 362 g/mol. The van der Waals surface area contributed by atoms with Gasteiger partial charge in [0, 0.05) is 62.7 Å². The van der Waals surface area contributed by atoms with Crippen molar-refractivity contribution in [1.29, 1.82) is 0 Å². The van der Waals surface area contributed by atoms with Crippen LogP contribution < -0.4 is 5.32 Å². The maximum atomic E-state index is 5.65. The molecule has 1 N–H and O–H groups in total. The molecule has 0 bridgehead atoms. The fourth-order valence-electron chi connectivity index (χ4n) is 4.43. The largest absolute Gasteiger partial charge is 0.381 e. The number of nitrogens with zero attached hydrogens (tertiary/aromatic N) is 3. The van der Waals surface area contributed by atoms with Crippen molar-refractivity contribution in [2.75, 3.05) is 46.4 Å². The predicted octanol–water partition coefficient (Wildman–Crippen LogP) is 2.18. The summed E-state index contributed by atoms with van der Waals surface area (Å²) in [5.41, 5.74) is 1.90. The van der Waals surface area contributed by atoms with Gasteiger partial charge in [0.05, 0.1) is 6.61 Å². The van der Waals surface area contributed by atoms with Gasteiger partial charge in [0.2, 0.25) is 0 Å². The molecule has 3 aliphatic heterocycles. The van der Waals surface area contributed by atoms with Gasteiger partial charge in [-0.05, 0) is 43.2 Å². The normalized spacial score (nSPS) is 28.6. The van der Waals surface area contributed by atoms with Crippen molar-refractivity contribution in [3.63, 3.8) is 0 Å². The molecule has 0 amide bonds. The SMILES string of the molecule is CN=C(NCC(C)N1CCc2sccc2C1)N1CCC2(CCOC2)C1. The van der Waals surface area contributed by atoms with E-state index in [1.165, 1.54) is 31.4 Å². The molecule has 1 spiro atoms. The highest BCUT2D eigenvalue weighted by atomic mass is 32.1. The van der Waals surface area contributed by atoms with Crippen LogP contribution in [0.25, 0.3) is 0 Å². The molecule has 2 unspecified atom stereocenters. The third-order valence-corrected chi connectivity index (χ3v) is 7.17. The van der Waals surface area contributed by atoms with Crippen molar-refractivity contribution in [2.24, 2.45) is 10.4 Å². The predicted molar refractivity (Wildman–Crippen MR) is 103 cm³/mol. The van der Waals surface area contributed by atoms with Crippen molar-refractivity contribution >= 4 is 17.3 Å². The maximum absolute atomic E-state index is 5.65. The highest BCUT2D eigenvalue weighted by Crippen LogP contribution is 2.38. The minimum absolute atomic E-state index is 0.380. The molecule has 2 saturated heterocycles. The summed E-state index contributed by atoms with van der Waals surface area (Å²) in [6.07, 6.45) is 3.63. The van der Waals surface area contributed by atoms with Gasteiger partial charge in [0.1, 0.15) is 0 Å². The fourth-order valence-corrected chi connectivity index (χ4v) is 5.32. The molecule has 2 fully saturated rings. The first kappa shape index (κ1) is 17.3. The molecule has 6 heteroatoms. The van der Waals surface area contributed by atoms with E-state index in [0.717, 1.165) is 45.4 Å². The third kappa shape index (κ3) is 3.57. The van der Waals surface area contributed by atoms with E-state index in [1.54, 1.807) is 4.88 Å². The Balaban J connectivity index is 1.29. The average molecular weight is 363 g/mol. The summed E-state index contributed by atoms with van der Waals surface area (Å²) in [4.78, 5) is 11.1. The lowest BCUT2D eigenvalue weighted by Gasteiger charge is -2.33. The third-order valence-electron chi connectivity index (χ3n) is 6.15. The molecule has 0 aliphatic carbocycles. The minimum atomic E-state index is 0.380. The lowest BCUT2D eigenvalue weighted by atomic mass is 9.87. The average Bonchev–Trinajstić information content (AvgIpc) is 3.37. The molecular formula is C19H30N4OS.